The number of benzene rings is 1. The average Bonchev–Trinajstić information content (AvgIpc) is 2.32. The van der Waals surface area contributed by atoms with E-state index in [1.54, 1.807) is 6.92 Å². The zero-order valence-corrected chi connectivity index (χ0v) is 10.2. The van der Waals surface area contributed by atoms with E-state index in [4.69, 9.17) is 10.5 Å². The van der Waals surface area contributed by atoms with Gasteiger partial charge in [0.1, 0.15) is 11.6 Å². The van der Waals surface area contributed by atoms with Crippen LogP contribution in [0.15, 0.2) is 24.3 Å². The summed E-state index contributed by atoms with van der Waals surface area (Å²) in [6.45, 7) is 1.55. The van der Waals surface area contributed by atoms with Crippen molar-refractivity contribution in [3.8, 4) is 11.6 Å². The first kappa shape index (κ1) is 14.0. The molecule has 0 unspecified atom stereocenters. The molecule has 0 amide bonds. The van der Waals surface area contributed by atoms with Gasteiger partial charge in [0.15, 0.2) is 5.69 Å². The highest BCUT2D eigenvalue weighted by atomic mass is 19.4. The first-order valence-corrected chi connectivity index (χ1v) is 5.41. The van der Waals surface area contributed by atoms with Gasteiger partial charge in [-0.05, 0) is 18.6 Å². The Kier molecular flexibility index (Phi) is 3.47. The highest BCUT2D eigenvalue weighted by Crippen LogP contribution is 2.31. The standard InChI is InChI=1S/C12H9F4N3O/c1-6-2-3-7(4-8(6)13)20-10-5-9(12(14,15)16)18-11(17)19-10/h2-5H,1H3,(H2,17,18,19). The Bertz CT molecular complexity index is 643. The van der Waals surface area contributed by atoms with Gasteiger partial charge in [0.2, 0.25) is 11.8 Å². The molecular formula is C12H9F4N3O. The van der Waals surface area contributed by atoms with Crippen molar-refractivity contribution in [3.05, 3.63) is 41.3 Å². The smallest absolute Gasteiger partial charge is 0.433 e. The zero-order chi connectivity index (χ0) is 14.9. The minimum Gasteiger partial charge on any atom is -0.439 e. The molecule has 0 atom stereocenters. The maximum atomic E-state index is 13.3. The molecular weight excluding hydrogens is 278 g/mol. The van der Waals surface area contributed by atoms with E-state index in [-0.39, 0.29) is 5.75 Å². The molecule has 2 rings (SSSR count). The van der Waals surface area contributed by atoms with Gasteiger partial charge >= 0.3 is 6.18 Å². The van der Waals surface area contributed by atoms with Gasteiger partial charge in [0.05, 0.1) is 0 Å². The van der Waals surface area contributed by atoms with E-state index in [0.717, 1.165) is 6.07 Å². The number of nitrogens with zero attached hydrogens (tertiary/aromatic N) is 2. The zero-order valence-electron chi connectivity index (χ0n) is 10.2. The van der Waals surface area contributed by atoms with E-state index in [1.807, 2.05) is 0 Å². The molecule has 0 saturated carbocycles. The van der Waals surface area contributed by atoms with Crippen LogP contribution < -0.4 is 10.5 Å². The second kappa shape index (κ2) is 4.95. The number of aromatic nitrogens is 2. The largest absolute Gasteiger partial charge is 0.439 e. The molecule has 0 aliphatic carbocycles. The maximum Gasteiger partial charge on any atom is 0.433 e. The molecule has 4 nitrogen and oxygen atoms in total. The number of alkyl halides is 3. The Hall–Kier alpha value is -2.38. The Morgan fingerprint density at radius 1 is 1.15 bits per heavy atom. The van der Waals surface area contributed by atoms with Crippen molar-refractivity contribution >= 4 is 5.95 Å². The lowest BCUT2D eigenvalue weighted by molar-refractivity contribution is -0.141. The summed E-state index contributed by atoms with van der Waals surface area (Å²) in [7, 11) is 0. The molecule has 2 aromatic rings. The van der Waals surface area contributed by atoms with Crippen LogP contribution in [0.25, 0.3) is 0 Å². The Morgan fingerprint density at radius 2 is 1.85 bits per heavy atom. The predicted octanol–water partition coefficient (Wildman–Crippen LogP) is 3.32. The van der Waals surface area contributed by atoms with Crippen LogP contribution in [0.3, 0.4) is 0 Å². The predicted molar refractivity (Wildman–Crippen MR) is 62.7 cm³/mol. The number of ether oxygens (including phenoxy) is 1. The third-order valence-electron chi connectivity index (χ3n) is 2.38. The number of nitrogen functional groups attached to an aromatic ring is 1. The van der Waals surface area contributed by atoms with Gasteiger partial charge in [-0.15, -0.1) is 0 Å². The van der Waals surface area contributed by atoms with Crippen LogP contribution >= 0.6 is 0 Å². The van der Waals surface area contributed by atoms with E-state index in [9.17, 15) is 17.6 Å². The monoisotopic (exact) mass is 287 g/mol. The second-order valence-corrected chi connectivity index (χ2v) is 3.96. The van der Waals surface area contributed by atoms with Gasteiger partial charge < -0.3 is 10.5 Å². The minimum atomic E-state index is -4.67. The number of hydrogen-bond donors (Lipinski definition) is 1. The molecule has 2 N–H and O–H groups in total. The lowest BCUT2D eigenvalue weighted by Gasteiger charge is -2.10. The lowest BCUT2D eigenvalue weighted by atomic mass is 10.2. The Balaban J connectivity index is 2.33. The van der Waals surface area contributed by atoms with Gasteiger partial charge in [-0.2, -0.15) is 18.2 Å². The molecule has 0 aliphatic heterocycles. The quantitative estimate of drug-likeness (QED) is 0.861. The summed E-state index contributed by atoms with van der Waals surface area (Å²) in [6.07, 6.45) is -4.67. The van der Waals surface area contributed by atoms with Crippen LogP contribution in [-0.4, -0.2) is 9.97 Å². The minimum absolute atomic E-state index is 0.0133. The summed E-state index contributed by atoms with van der Waals surface area (Å²) < 4.78 is 56.0. The molecule has 0 fully saturated rings. The summed E-state index contributed by atoms with van der Waals surface area (Å²) in [5, 5.41) is 0. The molecule has 0 radical (unpaired) electrons. The first-order valence-electron chi connectivity index (χ1n) is 5.41. The highest BCUT2D eigenvalue weighted by molar-refractivity contribution is 5.34. The van der Waals surface area contributed by atoms with Gasteiger partial charge in [-0.1, -0.05) is 6.07 Å². The molecule has 1 heterocycles. The molecule has 1 aromatic carbocycles. The number of anilines is 1. The fourth-order valence-corrected chi connectivity index (χ4v) is 1.40. The molecule has 0 bridgehead atoms. The van der Waals surface area contributed by atoms with Crippen molar-refractivity contribution in [1.29, 1.82) is 0 Å². The van der Waals surface area contributed by atoms with Crippen molar-refractivity contribution in [2.24, 2.45) is 0 Å². The van der Waals surface area contributed by atoms with Gasteiger partial charge in [0, 0.05) is 12.1 Å². The van der Waals surface area contributed by atoms with Crippen LogP contribution in [0.5, 0.6) is 11.6 Å². The molecule has 106 valence electrons. The van der Waals surface area contributed by atoms with Crippen molar-refractivity contribution in [2.75, 3.05) is 5.73 Å². The molecule has 0 spiro atoms. The van der Waals surface area contributed by atoms with E-state index >= 15 is 0 Å². The van der Waals surface area contributed by atoms with Gasteiger partial charge in [-0.25, -0.2) is 9.37 Å². The number of nitrogens with two attached hydrogens (primary N) is 1. The van der Waals surface area contributed by atoms with Crippen molar-refractivity contribution in [2.45, 2.75) is 13.1 Å². The second-order valence-electron chi connectivity index (χ2n) is 3.96. The van der Waals surface area contributed by atoms with E-state index in [1.165, 1.54) is 12.1 Å². The van der Waals surface area contributed by atoms with Crippen molar-refractivity contribution < 1.29 is 22.3 Å². The molecule has 20 heavy (non-hydrogen) atoms. The third kappa shape index (κ3) is 3.14. The van der Waals surface area contributed by atoms with Crippen LogP contribution in [-0.2, 0) is 6.18 Å². The molecule has 1 aromatic heterocycles. The Labute approximate surface area is 111 Å². The molecule has 8 heteroatoms. The average molecular weight is 287 g/mol. The fourth-order valence-electron chi connectivity index (χ4n) is 1.40. The Morgan fingerprint density at radius 3 is 2.45 bits per heavy atom. The van der Waals surface area contributed by atoms with Gasteiger partial charge in [0.25, 0.3) is 0 Å². The van der Waals surface area contributed by atoms with Crippen LogP contribution in [0.1, 0.15) is 11.3 Å². The first-order chi connectivity index (χ1) is 9.25. The summed E-state index contributed by atoms with van der Waals surface area (Å²) in [4.78, 5) is 6.58. The fraction of sp³-hybridized carbons (Fsp3) is 0.167. The summed E-state index contributed by atoms with van der Waals surface area (Å²) in [5.74, 6) is -1.52. The van der Waals surface area contributed by atoms with Crippen molar-refractivity contribution in [1.82, 2.24) is 9.97 Å². The SMILES string of the molecule is Cc1ccc(Oc2cc(C(F)(F)F)nc(N)n2)cc1F. The van der Waals surface area contributed by atoms with Gasteiger partial charge in [-0.3, -0.25) is 0 Å². The lowest BCUT2D eigenvalue weighted by Crippen LogP contribution is -2.11. The summed E-state index contributed by atoms with van der Waals surface area (Å²) in [6, 6.07) is 4.47. The maximum absolute atomic E-state index is 13.3. The molecule has 0 aliphatic rings. The normalized spacial score (nSPS) is 11.4. The van der Waals surface area contributed by atoms with Crippen LogP contribution in [0.4, 0.5) is 23.5 Å². The van der Waals surface area contributed by atoms with E-state index < -0.39 is 29.5 Å². The summed E-state index contributed by atoms with van der Waals surface area (Å²) in [5.41, 5.74) is 4.34. The number of hydrogen-bond acceptors (Lipinski definition) is 4. The number of halogens is 4. The van der Waals surface area contributed by atoms with Crippen LogP contribution in [0, 0.1) is 12.7 Å². The summed E-state index contributed by atoms with van der Waals surface area (Å²) >= 11 is 0. The van der Waals surface area contributed by atoms with Crippen molar-refractivity contribution in [3.63, 3.8) is 0 Å². The van der Waals surface area contributed by atoms with E-state index in [2.05, 4.69) is 9.97 Å². The highest BCUT2D eigenvalue weighted by Gasteiger charge is 2.33. The topological polar surface area (TPSA) is 61.0 Å². The third-order valence-corrected chi connectivity index (χ3v) is 2.38. The van der Waals surface area contributed by atoms with E-state index in [0.29, 0.717) is 11.6 Å². The number of aryl methyl sites for hydroxylation is 1. The number of rotatable bonds is 2. The molecule has 0 saturated heterocycles. The van der Waals surface area contributed by atoms with Crippen LogP contribution in [0.2, 0.25) is 0 Å².